The summed E-state index contributed by atoms with van der Waals surface area (Å²) in [5, 5.41) is 20.1. The highest BCUT2D eigenvalue weighted by atomic mass is 16.4. The smallest absolute Gasteiger partial charge is 0.334 e. The number of aliphatic hydroxyl groups excluding tert-OH is 1. The maximum Gasteiger partial charge on any atom is 0.334 e. The van der Waals surface area contributed by atoms with Crippen molar-refractivity contribution >= 4 is 5.97 Å². The highest BCUT2D eigenvalue weighted by Crippen LogP contribution is 2.31. The Bertz CT molecular complexity index is 202. The van der Waals surface area contributed by atoms with Crippen molar-refractivity contribution in [3.8, 4) is 0 Å². The molecule has 1 aliphatic rings. The van der Waals surface area contributed by atoms with Gasteiger partial charge in [0.05, 0.1) is 0 Å². The van der Waals surface area contributed by atoms with Crippen molar-refractivity contribution in [3.05, 3.63) is 4.91 Å². The molecular formula is C8H13NO4. The molecule has 0 heterocycles. The van der Waals surface area contributed by atoms with Crippen LogP contribution in [0.1, 0.15) is 25.7 Å². The molecule has 74 valence electrons. The Kier molecular flexibility index (Phi) is 3.36. The lowest BCUT2D eigenvalue weighted by Crippen LogP contribution is -2.34. The summed E-state index contributed by atoms with van der Waals surface area (Å²) >= 11 is 0. The largest absolute Gasteiger partial charge is 0.479 e. The molecule has 0 aromatic carbocycles. The fraction of sp³-hybridized carbons (Fsp3) is 0.875. The number of carbonyl (C=O) groups is 1. The van der Waals surface area contributed by atoms with Crippen molar-refractivity contribution in [2.45, 2.75) is 37.8 Å². The van der Waals surface area contributed by atoms with E-state index in [0.717, 1.165) is 19.3 Å². The number of aliphatic carboxylic acids is 1. The number of hydrogen-bond acceptors (Lipinski definition) is 4. The number of nitroso groups, excluding NO2 is 1. The highest BCUT2D eigenvalue weighted by molar-refractivity contribution is 5.72. The molecule has 0 aromatic rings. The Balaban J connectivity index is 2.40. The third-order valence-electron chi connectivity index (χ3n) is 2.55. The van der Waals surface area contributed by atoms with E-state index < -0.39 is 18.1 Å². The lowest BCUT2D eigenvalue weighted by atomic mass is 9.80. The lowest BCUT2D eigenvalue weighted by Gasteiger charge is -2.27. The van der Waals surface area contributed by atoms with Crippen molar-refractivity contribution in [1.82, 2.24) is 0 Å². The summed E-state index contributed by atoms with van der Waals surface area (Å²) in [6.45, 7) is 0. The topological polar surface area (TPSA) is 87.0 Å². The minimum Gasteiger partial charge on any atom is -0.479 e. The zero-order valence-electron chi connectivity index (χ0n) is 7.22. The minimum atomic E-state index is -1.64. The van der Waals surface area contributed by atoms with Crippen LogP contribution in [-0.2, 0) is 4.79 Å². The summed E-state index contributed by atoms with van der Waals surface area (Å²) in [5.74, 6) is -0.999. The van der Waals surface area contributed by atoms with Crippen molar-refractivity contribution in [2.24, 2.45) is 11.1 Å². The molecule has 5 heteroatoms. The number of hydrogen-bond donors (Lipinski definition) is 2. The molecule has 2 N–H and O–H groups in total. The van der Waals surface area contributed by atoms with Gasteiger partial charge in [-0.1, -0.05) is 24.4 Å². The second-order valence-corrected chi connectivity index (χ2v) is 3.49. The molecule has 0 aromatic heterocycles. The lowest BCUT2D eigenvalue weighted by molar-refractivity contribution is -0.148. The fourth-order valence-corrected chi connectivity index (χ4v) is 1.46. The van der Waals surface area contributed by atoms with Gasteiger partial charge in [0.15, 0.2) is 6.10 Å². The molecule has 1 rings (SSSR count). The number of nitrogens with zero attached hydrogens (tertiary/aromatic N) is 1. The quantitative estimate of drug-likeness (QED) is 0.622. The van der Waals surface area contributed by atoms with Crippen LogP contribution in [0.5, 0.6) is 0 Å². The summed E-state index contributed by atoms with van der Waals surface area (Å²) in [6.07, 6.45) is 1.91. The van der Waals surface area contributed by atoms with Crippen LogP contribution in [0.25, 0.3) is 0 Å². The zero-order valence-corrected chi connectivity index (χ0v) is 7.22. The van der Waals surface area contributed by atoms with Gasteiger partial charge < -0.3 is 10.2 Å². The predicted octanol–water partition coefficient (Wildman–Crippen LogP) is 0.757. The van der Waals surface area contributed by atoms with Gasteiger partial charge >= 0.3 is 5.97 Å². The molecule has 13 heavy (non-hydrogen) atoms. The first-order valence-electron chi connectivity index (χ1n) is 4.38. The fourth-order valence-electron chi connectivity index (χ4n) is 1.46. The molecule has 0 spiro atoms. The van der Waals surface area contributed by atoms with E-state index in [1.165, 1.54) is 0 Å². The predicted molar refractivity (Wildman–Crippen MR) is 45.2 cm³/mol. The second-order valence-electron chi connectivity index (χ2n) is 3.49. The third-order valence-corrected chi connectivity index (χ3v) is 2.55. The van der Waals surface area contributed by atoms with E-state index in [2.05, 4.69) is 5.18 Å². The van der Waals surface area contributed by atoms with Crippen LogP contribution in [0.3, 0.4) is 0 Å². The molecule has 0 radical (unpaired) electrons. The first kappa shape index (κ1) is 10.1. The Hall–Kier alpha value is -0.970. The molecule has 5 nitrogen and oxygen atoms in total. The third kappa shape index (κ3) is 2.48. The zero-order chi connectivity index (χ0) is 9.84. The van der Waals surface area contributed by atoms with Crippen LogP contribution in [0.4, 0.5) is 0 Å². The van der Waals surface area contributed by atoms with Crippen LogP contribution in [0, 0.1) is 10.8 Å². The average molecular weight is 187 g/mol. The molecule has 1 saturated carbocycles. The van der Waals surface area contributed by atoms with Gasteiger partial charge in [0.1, 0.15) is 6.04 Å². The molecule has 0 bridgehead atoms. The maximum atomic E-state index is 10.3. The van der Waals surface area contributed by atoms with Crippen LogP contribution < -0.4 is 0 Å². The first-order chi connectivity index (χ1) is 6.15. The van der Waals surface area contributed by atoms with Crippen molar-refractivity contribution in [2.75, 3.05) is 0 Å². The first-order valence-corrected chi connectivity index (χ1v) is 4.38. The molecule has 0 saturated heterocycles. The SMILES string of the molecule is O=N[C@@H](CC1CCC1)[C@@H](O)C(=O)O. The van der Waals surface area contributed by atoms with Gasteiger partial charge in [0.25, 0.3) is 0 Å². The Morgan fingerprint density at radius 3 is 2.46 bits per heavy atom. The average Bonchev–Trinajstić information content (AvgIpc) is 2.02. The Morgan fingerprint density at radius 1 is 1.54 bits per heavy atom. The molecule has 2 atom stereocenters. The van der Waals surface area contributed by atoms with E-state index in [1.54, 1.807) is 0 Å². The second kappa shape index (κ2) is 4.32. The van der Waals surface area contributed by atoms with Gasteiger partial charge in [-0.2, -0.15) is 4.91 Å². The van der Waals surface area contributed by atoms with E-state index in [9.17, 15) is 9.70 Å². The normalized spacial score (nSPS) is 21.6. The number of rotatable bonds is 5. The van der Waals surface area contributed by atoms with E-state index in [4.69, 9.17) is 10.2 Å². The Morgan fingerprint density at radius 2 is 2.15 bits per heavy atom. The highest BCUT2D eigenvalue weighted by Gasteiger charge is 2.31. The van der Waals surface area contributed by atoms with E-state index in [-0.39, 0.29) is 0 Å². The van der Waals surface area contributed by atoms with Gasteiger partial charge in [-0.25, -0.2) is 4.79 Å². The number of aliphatic hydroxyl groups is 1. The molecule has 0 aliphatic heterocycles. The number of carboxylic acid groups (broad SMARTS) is 1. The van der Waals surface area contributed by atoms with Crippen LogP contribution in [-0.4, -0.2) is 28.3 Å². The minimum absolute atomic E-state index is 0.372. The van der Waals surface area contributed by atoms with E-state index in [1.807, 2.05) is 0 Å². The van der Waals surface area contributed by atoms with Crippen LogP contribution in [0.2, 0.25) is 0 Å². The molecule has 1 fully saturated rings. The van der Waals surface area contributed by atoms with Gasteiger partial charge in [0.2, 0.25) is 0 Å². The summed E-state index contributed by atoms with van der Waals surface area (Å²) < 4.78 is 0. The monoisotopic (exact) mass is 187 g/mol. The summed E-state index contributed by atoms with van der Waals surface area (Å²) in [4.78, 5) is 20.6. The standard InChI is InChI=1S/C8H13NO4/c10-7(8(11)12)6(9-13)4-5-2-1-3-5/h5-7,10H,1-4H2,(H,11,12)/t6-,7+/m0/s1. The van der Waals surface area contributed by atoms with Crippen molar-refractivity contribution in [1.29, 1.82) is 0 Å². The molecule has 1 aliphatic carbocycles. The summed E-state index contributed by atoms with van der Waals surface area (Å²) in [7, 11) is 0. The number of carboxylic acids is 1. The van der Waals surface area contributed by atoms with Gasteiger partial charge in [-0.3, -0.25) is 0 Å². The molecule has 0 unspecified atom stereocenters. The van der Waals surface area contributed by atoms with Gasteiger partial charge in [-0.15, -0.1) is 0 Å². The maximum absolute atomic E-state index is 10.3. The molecule has 0 amide bonds. The van der Waals surface area contributed by atoms with E-state index in [0.29, 0.717) is 12.3 Å². The van der Waals surface area contributed by atoms with E-state index >= 15 is 0 Å². The van der Waals surface area contributed by atoms with Gasteiger partial charge in [0, 0.05) is 0 Å². The summed E-state index contributed by atoms with van der Waals surface area (Å²) in [6, 6.07) is -0.984. The van der Waals surface area contributed by atoms with Crippen molar-refractivity contribution < 1.29 is 15.0 Å². The van der Waals surface area contributed by atoms with Crippen LogP contribution in [0.15, 0.2) is 5.18 Å². The van der Waals surface area contributed by atoms with Gasteiger partial charge in [-0.05, 0) is 12.3 Å². The summed E-state index contributed by atoms with van der Waals surface area (Å²) in [5.41, 5.74) is 0. The van der Waals surface area contributed by atoms with Crippen LogP contribution >= 0.6 is 0 Å². The Labute approximate surface area is 75.7 Å². The van der Waals surface area contributed by atoms with Crippen molar-refractivity contribution in [3.63, 3.8) is 0 Å². The molecular weight excluding hydrogens is 174 g/mol.